The highest BCUT2D eigenvalue weighted by Gasteiger charge is 2.09. The van der Waals surface area contributed by atoms with Crippen LogP contribution in [-0.4, -0.2) is 14.9 Å². The molecule has 2 aromatic carbocycles. The topological polar surface area (TPSA) is 38.0 Å². The van der Waals surface area contributed by atoms with Crippen molar-refractivity contribution in [2.45, 2.75) is 6.92 Å². The molecule has 0 unspecified atom stereocenters. The SMILES string of the molecule is Cc1nn(-c2ccc(O)cc2)cc1-c1cccc(Cl)c1. The standard InChI is InChI=1S/C16H13ClN2O/c1-11-16(12-3-2-4-13(17)9-12)10-19(18-11)14-5-7-15(20)8-6-14/h2-10,20H,1H3. The number of phenols is 1. The molecule has 0 aliphatic heterocycles. The average molecular weight is 285 g/mol. The third-order valence-electron chi connectivity index (χ3n) is 3.15. The Labute approximate surface area is 122 Å². The van der Waals surface area contributed by atoms with Gasteiger partial charge in [0.1, 0.15) is 5.75 Å². The second-order valence-corrected chi connectivity index (χ2v) is 5.04. The van der Waals surface area contributed by atoms with E-state index in [1.165, 1.54) is 0 Å². The summed E-state index contributed by atoms with van der Waals surface area (Å²) in [5.74, 6) is 0.243. The summed E-state index contributed by atoms with van der Waals surface area (Å²) in [4.78, 5) is 0. The maximum atomic E-state index is 9.33. The lowest BCUT2D eigenvalue weighted by Crippen LogP contribution is -1.93. The number of nitrogens with zero attached hydrogens (tertiary/aromatic N) is 2. The largest absolute Gasteiger partial charge is 0.508 e. The number of halogens is 1. The lowest BCUT2D eigenvalue weighted by atomic mass is 10.1. The van der Waals surface area contributed by atoms with E-state index in [9.17, 15) is 5.11 Å². The molecule has 0 atom stereocenters. The summed E-state index contributed by atoms with van der Waals surface area (Å²) in [6.45, 7) is 1.97. The zero-order valence-corrected chi connectivity index (χ0v) is 11.7. The Hall–Kier alpha value is -2.26. The van der Waals surface area contributed by atoms with Crippen molar-refractivity contribution < 1.29 is 5.11 Å². The summed E-state index contributed by atoms with van der Waals surface area (Å²) >= 11 is 6.03. The van der Waals surface area contributed by atoms with E-state index in [1.807, 2.05) is 49.5 Å². The molecule has 0 saturated heterocycles. The predicted octanol–water partition coefficient (Wildman–Crippen LogP) is 4.21. The first kappa shape index (κ1) is 12.8. The van der Waals surface area contributed by atoms with E-state index < -0.39 is 0 Å². The van der Waals surface area contributed by atoms with E-state index in [-0.39, 0.29) is 5.75 Å². The second-order valence-electron chi connectivity index (χ2n) is 4.60. The van der Waals surface area contributed by atoms with Gasteiger partial charge in [0.25, 0.3) is 0 Å². The van der Waals surface area contributed by atoms with Gasteiger partial charge in [-0.1, -0.05) is 23.7 Å². The van der Waals surface area contributed by atoms with Crippen LogP contribution in [-0.2, 0) is 0 Å². The van der Waals surface area contributed by atoms with Gasteiger partial charge >= 0.3 is 0 Å². The first-order valence-corrected chi connectivity index (χ1v) is 6.63. The van der Waals surface area contributed by atoms with Crippen molar-refractivity contribution in [3.63, 3.8) is 0 Å². The Morgan fingerprint density at radius 1 is 1.10 bits per heavy atom. The maximum absolute atomic E-state index is 9.33. The van der Waals surface area contributed by atoms with Gasteiger partial charge in [0.2, 0.25) is 0 Å². The number of benzene rings is 2. The minimum Gasteiger partial charge on any atom is -0.508 e. The van der Waals surface area contributed by atoms with Crippen LogP contribution in [0.15, 0.2) is 54.7 Å². The molecule has 0 fully saturated rings. The summed E-state index contributed by atoms with van der Waals surface area (Å²) in [6, 6.07) is 14.6. The van der Waals surface area contributed by atoms with Crippen LogP contribution in [0.3, 0.4) is 0 Å². The van der Waals surface area contributed by atoms with Crippen LogP contribution in [0.5, 0.6) is 5.75 Å². The van der Waals surface area contributed by atoms with E-state index in [2.05, 4.69) is 5.10 Å². The molecule has 4 heteroatoms. The molecular weight excluding hydrogens is 272 g/mol. The van der Waals surface area contributed by atoms with Gasteiger partial charge in [-0.15, -0.1) is 0 Å². The van der Waals surface area contributed by atoms with E-state index in [1.54, 1.807) is 16.8 Å². The molecule has 0 radical (unpaired) electrons. The van der Waals surface area contributed by atoms with Crippen molar-refractivity contribution in [2.75, 3.05) is 0 Å². The Kier molecular flexibility index (Phi) is 3.20. The predicted molar refractivity (Wildman–Crippen MR) is 80.4 cm³/mol. The highest BCUT2D eigenvalue weighted by molar-refractivity contribution is 6.30. The van der Waals surface area contributed by atoms with Crippen LogP contribution in [0.4, 0.5) is 0 Å². The molecule has 1 N–H and O–H groups in total. The summed E-state index contributed by atoms with van der Waals surface area (Å²) in [5.41, 5.74) is 3.92. The van der Waals surface area contributed by atoms with Gasteiger partial charge in [-0.2, -0.15) is 5.10 Å². The van der Waals surface area contributed by atoms with Gasteiger partial charge < -0.3 is 5.11 Å². The van der Waals surface area contributed by atoms with Gasteiger partial charge in [-0.3, -0.25) is 0 Å². The Bertz CT molecular complexity index is 747. The van der Waals surface area contributed by atoms with Gasteiger partial charge in [-0.05, 0) is 48.9 Å². The Balaban J connectivity index is 2.05. The third-order valence-corrected chi connectivity index (χ3v) is 3.38. The van der Waals surface area contributed by atoms with E-state index in [0.717, 1.165) is 22.5 Å². The molecule has 3 nitrogen and oxygen atoms in total. The van der Waals surface area contributed by atoms with Crippen LogP contribution in [0.25, 0.3) is 16.8 Å². The number of aromatic nitrogens is 2. The number of phenolic OH excluding ortho intramolecular Hbond substituents is 1. The molecule has 0 aliphatic rings. The second kappa shape index (κ2) is 5.02. The zero-order valence-electron chi connectivity index (χ0n) is 10.9. The molecule has 0 saturated carbocycles. The maximum Gasteiger partial charge on any atom is 0.115 e. The van der Waals surface area contributed by atoms with Crippen molar-refractivity contribution in [3.05, 3.63) is 65.4 Å². The number of hydrogen-bond acceptors (Lipinski definition) is 2. The summed E-state index contributed by atoms with van der Waals surface area (Å²) in [5, 5.41) is 14.5. The summed E-state index contributed by atoms with van der Waals surface area (Å²) < 4.78 is 1.80. The fourth-order valence-corrected chi connectivity index (χ4v) is 2.33. The van der Waals surface area contributed by atoms with Crippen LogP contribution in [0.1, 0.15) is 5.69 Å². The summed E-state index contributed by atoms with van der Waals surface area (Å²) in [6.07, 6.45) is 1.97. The van der Waals surface area contributed by atoms with Gasteiger partial charge in [0.05, 0.1) is 11.4 Å². The number of aromatic hydroxyl groups is 1. The average Bonchev–Trinajstić information content (AvgIpc) is 2.82. The van der Waals surface area contributed by atoms with Gasteiger partial charge in [0, 0.05) is 16.8 Å². The minimum atomic E-state index is 0.243. The third kappa shape index (κ3) is 2.40. The molecule has 1 aromatic heterocycles. The smallest absolute Gasteiger partial charge is 0.115 e. The Morgan fingerprint density at radius 2 is 1.85 bits per heavy atom. The molecule has 0 amide bonds. The number of rotatable bonds is 2. The van der Waals surface area contributed by atoms with Crippen molar-refractivity contribution in [2.24, 2.45) is 0 Å². The first-order chi connectivity index (χ1) is 9.63. The highest BCUT2D eigenvalue weighted by atomic mass is 35.5. The fraction of sp³-hybridized carbons (Fsp3) is 0.0625. The molecule has 0 spiro atoms. The minimum absolute atomic E-state index is 0.243. The molecule has 0 aliphatic carbocycles. The van der Waals surface area contributed by atoms with Crippen molar-refractivity contribution in [1.29, 1.82) is 0 Å². The molecule has 100 valence electrons. The van der Waals surface area contributed by atoms with Crippen molar-refractivity contribution in [1.82, 2.24) is 9.78 Å². The molecule has 0 bridgehead atoms. The molecule has 3 aromatic rings. The van der Waals surface area contributed by atoms with Crippen molar-refractivity contribution >= 4 is 11.6 Å². The van der Waals surface area contributed by atoms with Crippen LogP contribution >= 0.6 is 11.6 Å². The lowest BCUT2D eigenvalue weighted by Gasteiger charge is -2.01. The number of hydrogen-bond donors (Lipinski definition) is 1. The van der Waals surface area contributed by atoms with E-state index in [4.69, 9.17) is 11.6 Å². The monoisotopic (exact) mass is 284 g/mol. The molecular formula is C16H13ClN2O. The van der Waals surface area contributed by atoms with E-state index in [0.29, 0.717) is 5.02 Å². The summed E-state index contributed by atoms with van der Waals surface area (Å²) in [7, 11) is 0. The van der Waals surface area contributed by atoms with Crippen LogP contribution in [0.2, 0.25) is 5.02 Å². The van der Waals surface area contributed by atoms with Crippen LogP contribution < -0.4 is 0 Å². The zero-order chi connectivity index (χ0) is 14.1. The Morgan fingerprint density at radius 3 is 2.55 bits per heavy atom. The highest BCUT2D eigenvalue weighted by Crippen LogP contribution is 2.26. The van der Waals surface area contributed by atoms with Gasteiger partial charge in [-0.25, -0.2) is 4.68 Å². The molecule has 20 heavy (non-hydrogen) atoms. The molecule has 1 heterocycles. The molecule has 3 rings (SSSR count). The number of aryl methyl sites for hydroxylation is 1. The van der Waals surface area contributed by atoms with Crippen molar-refractivity contribution in [3.8, 4) is 22.6 Å². The van der Waals surface area contributed by atoms with E-state index >= 15 is 0 Å². The first-order valence-electron chi connectivity index (χ1n) is 6.25. The van der Waals surface area contributed by atoms with Gasteiger partial charge in [0.15, 0.2) is 0 Å². The van der Waals surface area contributed by atoms with Crippen LogP contribution in [0, 0.1) is 6.92 Å². The lowest BCUT2D eigenvalue weighted by molar-refractivity contribution is 0.475. The quantitative estimate of drug-likeness (QED) is 0.765. The fourth-order valence-electron chi connectivity index (χ4n) is 2.14. The normalized spacial score (nSPS) is 10.7.